The molecule has 0 saturated heterocycles. The predicted molar refractivity (Wildman–Crippen MR) is 92.7 cm³/mol. The van der Waals surface area contributed by atoms with Crippen molar-refractivity contribution < 1.29 is 4.74 Å². The fourth-order valence-electron chi connectivity index (χ4n) is 2.28. The van der Waals surface area contributed by atoms with E-state index in [4.69, 9.17) is 4.74 Å². The van der Waals surface area contributed by atoms with Crippen LogP contribution in [0.4, 0.5) is 11.4 Å². The zero-order valence-corrected chi connectivity index (χ0v) is 14.4. The van der Waals surface area contributed by atoms with Gasteiger partial charge in [-0.1, -0.05) is 15.9 Å². The highest BCUT2D eigenvalue weighted by molar-refractivity contribution is 9.10. The molecule has 2 aromatic rings. The van der Waals surface area contributed by atoms with Gasteiger partial charge in [-0.25, -0.2) is 0 Å². The first kappa shape index (κ1) is 15.9. The van der Waals surface area contributed by atoms with Crippen molar-refractivity contribution in [2.24, 2.45) is 0 Å². The Morgan fingerprint density at radius 2 is 1.81 bits per heavy atom. The number of methoxy groups -OCH3 is 1. The molecule has 0 amide bonds. The van der Waals surface area contributed by atoms with Gasteiger partial charge in [0.2, 0.25) is 0 Å². The molecule has 1 atom stereocenters. The first-order valence-corrected chi connectivity index (χ1v) is 7.70. The molecule has 0 aromatic heterocycles. The predicted octanol–water partition coefficient (Wildman–Crippen LogP) is 4.51. The van der Waals surface area contributed by atoms with Gasteiger partial charge in [-0.3, -0.25) is 0 Å². The third-order valence-corrected chi connectivity index (χ3v) is 4.20. The molecule has 0 aliphatic rings. The van der Waals surface area contributed by atoms with E-state index in [1.165, 1.54) is 11.3 Å². The molecular weight excluding hydrogens is 328 g/mol. The molecule has 0 aliphatic carbocycles. The van der Waals surface area contributed by atoms with Crippen LogP contribution in [-0.2, 0) is 0 Å². The summed E-state index contributed by atoms with van der Waals surface area (Å²) in [6.07, 6.45) is 0. The molecule has 4 heteroatoms. The van der Waals surface area contributed by atoms with E-state index in [1.54, 1.807) is 7.11 Å². The van der Waals surface area contributed by atoms with Crippen molar-refractivity contribution in [1.82, 2.24) is 5.32 Å². The molecule has 0 saturated carbocycles. The lowest BCUT2D eigenvalue weighted by Gasteiger charge is -2.25. The van der Waals surface area contributed by atoms with Gasteiger partial charge in [-0.2, -0.15) is 0 Å². The second kappa shape index (κ2) is 6.96. The van der Waals surface area contributed by atoms with Crippen LogP contribution >= 0.6 is 15.9 Å². The van der Waals surface area contributed by atoms with Gasteiger partial charge < -0.3 is 15.0 Å². The van der Waals surface area contributed by atoms with Crippen LogP contribution in [0.25, 0.3) is 0 Å². The van der Waals surface area contributed by atoms with Gasteiger partial charge >= 0.3 is 0 Å². The van der Waals surface area contributed by atoms with E-state index in [-0.39, 0.29) is 6.04 Å². The summed E-state index contributed by atoms with van der Waals surface area (Å²) >= 11 is 3.56. The van der Waals surface area contributed by atoms with Crippen LogP contribution in [-0.4, -0.2) is 21.2 Å². The Balaban J connectivity index is 2.39. The Morgan fingerprint density at radius 3 is 2.38 bits per heavy atom. The second-order valence-corrected chi connectivity index (χ2v) is 5.89. The monoisotopic (exact) mass is 348 g/mol. The zero-order valence-electron chi connectivity index (χ0n) is 12.9. The van der Waals surface area contributed by atoms with Crippen LogP contribution in [0.3, 0.4) is 0 Å². The molecule has 0 radical (unpaired) electrons. The molecule has 0 fully saturated rings. The maximum atomic E-state index is 5.21. The summed E-state index contributed by atoms with van der Waals surface area (Å²) in [5, 5.41) is 3.31. The molecule has 2 rings (SSSR count). The van der Waals surface area contributed by atoms with Crippen LogP contribution < -0.4 is 15.0 Å². The Kier molecular flexibility index (Phi) is 5.26. The van der Waals surface area contributed by atoms with Crippen LogP contribution in [0.5, 0.6) is 5.75 Å². The molecule has 112 valence electrons. The molecule has 1 unspecified atom stereocenters. The molecule has 21 heavy (non-hydrogen) atoms. The second-order valence-electron chi connectivity index (χ2n) is 4.97. The van der Waals surface area contributed by atoms with E-state index in [0.29, 0.717) is 0 Å². The number of halogens is 1. The van der Waals surface area contributed by atoms with Crippen molar-refractivity contribution in [3.8, 4) is 5.75 Å². The summed E-state index contributed by atoms with van der Waals surface area (Å²) in [5.74, 6) is 0.867. The van der Waals surface area contributed by atoms with E-state index in [0.717, 1.165) is 15.9 Å². The van der Waals surface area contributed by atoms with Gasteiger partial charge in [0.25, 0.3) is 0 Å². The third kappa shape index (κ3) is 3.57. The number of hydrogen-bond donors (Lipinski definition) is 1. The van der Waals surface area contributed by atoms with Crippen LogP contribution in [0, 0.1) is 0 Å². The Labute approximate surface area is 135 Å². The van der Waals surface area contributed by atoms with Gasteiger partial charge in [0.05, 0.1) is 7.11 Å². The Morgan fingerprint density at radius 1 is 1.14 bits per heavy atom. The van der Waals surface area contributed by atoms with E-state index < -0.39 is 0 Å². The molecule has 0 spiro atoms. The van der Waals surface area contributed by atoms with Gasteiger partial charge in [-0.05, 0) is 62.0 Å². The largest absolute Gasteiger partial charge is 0.497 e. The maximum absolute atomic E-state index is 5.21. The van der Waals surface area contributed by atoms with Crippen LogP contribution in [0.15, 0.2) is 46.9 Å². The highest BCUT2D eigenvalue weighted by Gasteiger charge is 2.14. The first-order chi connectivity index (χ1) is 10.1. The summed E-state index contributed by atoms with van der Waals surface area (Å²) in [5.41, 5.74) is 3.57. The molecule has 0 heterocycles. The SMILES string of the molecule is CNC(C)c1cc(Br)ccc1N(C)c1ccc(OC)cc1. The average molecular weight is 349 g/mol. The van der Waals surface area contributed by atoms with Crippen molar-refractivity contribution in [1.29, 1.82) is 0 Å². The van der Waals surface area contributed by atoms with Gasteiger partial charge in [0, 0.05) is 28.9 Å². The fraction of sp³-hybridized carbons (Fsp3) is 0.294. The van der Waals surface area contributed by atoms with E-state index in [2.05, 4.69) is 70.4 Å². The van der Waals surface area contributed by atoms with Crippen molar-refractivity contribution >= 4 is 27.3 Å². The molecule has 0 bridgehead atoms. The van der Waals surface area contributed by atoms with Crippen molar-refractivity contribution in [2.75, 3.05) is 26.1 Å². The number of hydrogen-bond acceptors (Lipinski definition) is 3. The smallest absolute Gasteiger partial charge is 0.119 e. The zero-order chi connectivity index (χ0) is 15.4. The molecule has 0 aliphatic heterocycles. The standard InChI is InChI=1S/C17H21BrN2O/c1-12(19-2)16-11-13(18)5-10-17(16)20(3)14-6-8-15(21-4)9-7-14/h5-12,19H,1-4H3. The highest BCUT2D eigenvalue weighted by atomic mass is 79.9. The minimum Gasteiger partial charge on any atom is -0.497 e. The molecule has 1 N–H and O–H groups in total. The Bertz CT molecular complexity index is 598. The van der Waals surface area contributed by atoms with Crippen LogP contribution in [0.1, 0.15) is 18.5 Å². The number of benzene rings is 2. The Hall–Kier alpha value is -1.52. The summed E-state index contributed by atoms with van der Waals surface area (Å²) in [6, 6.07) is 14.7. The average Bonchev–Trinajstić information content (AvgIpc) is 2.53. The lowest BCUT2D eigenvalue weighted by molar-refractivity contribution is 0.415. The molecular formula is C17H21BrN2O. The summed E-state index contributed by atoms with van der Waals surface area (Å²) in [6.45, 7) is 2.16. The van der Waals surface area contributed by atoms with Crippen molar-refractivity contribution in [3.63, 3.8) is 0 Å². The molecule has 3 nitrogen and oxygen atoms in total. The third-order valence-electron chi connectivity index (χ3n) is 3.71. The van der Waals surface area contributed by atoms with E-state index >= 15 is 0 Å². The maximum Gasteiger partial charge on any atom is 0.119 e. The quantitative estimate of drug-likeness (QED) is 0.860. The minimum atomic E-state index is 0.276. The number of rotatable bonds is 5. The van der Waals surface area contributed by atoms with E-state index in [1.807, 2.05) is 19.2 Å². The lowest BCUT2D eigenvalue weighted by atomic mass is 10.0. The van der Waals surface area contributed by atoms with Crippen molar-refractivity contribution in [3.05, 3.63) is 52.5 Å². The summed E-state index contributed by atoms with van der Waals surface area (Å²) < 4.78 is 6.30. The summed E-state index contributed by atoms with van der Waals surface area (Å²) in [7, 11) is 5.74. The molecule has 2 aromatic carbocycles. The minimum absolute atomic E-state index is 0.276. The number of nitrogens with one attached hydrogen (secondary N) is 1. The van der Waals surface area contributed by atoms with Gasteiger partial charge in [0.1, 0.15) is 5.75 Å². The van der Waals surface area contributed by atoms with Crippen molar-refractivity contribution in [2.45, 2.75) is 13.0 Å². The van der Waals surface area contributed by atoms with Gasteiger partial charge in [0.15, 0.2) is 0 Å². The topological polar surface area (TPSA) is 24.5 Å². The lowest BCUT2D eigenvalue weighted by Crippen LogP contribution is -2.18. The fourth-order valence-corrected chi connectivity index (χ4v) is 2.66. The highest BCUT2D eigenvalue weighted by Crippen LogP contribution is 2.33. The number of nitrogens with zero attached hydrogens (tertiary/aromatic N) is 1. The van der Waals surface area contributed by atoms with Gasteiger partial charge in [-0.15, -0.1) is 0 Å². The number of ether oxygens (including phenoxy) is 1. The number of anilines is 2. The van der Waals surface area contributed by atoms with Crippen LogP contribution in [0.2, 0.25) is 0 Å². The van der Waals surface area contributed by atoms with E-state index in [9.17, 15) is 0 Å². The normalized spacial score (nSPS) is 12.0. The first-order valence-electron chi connectivity index (χ1n) is 6.91. The summed E-state index contributed by atoms with van der Waals surface area (Å²) in [4.78, 5) is 2.19.